The molecule has 1 saturated carbocycles. The topological polar surface area (TPSA) is 25.2 Å². The highest BCUT2D eigenvalue weighted by Gasteiger charge is 2.27. The second kappa shape index (κ2) is 5.96. The van der Waals surface area contributed by atoms with E-state index in [1.165, 1.54) is 25.7 Å². The highest BCUT2D eigenvalue weighted by Crippen LogP contribution is 2.36. The predicted octanol–water partition coefficient (Wildman–Crippen LogP) is 3.81. The summed E-state index contributed by atoms with van der Waals surface area (Å²) in [7, 11) is 0. The molecule has 2 rings (SSSR count). The smallest absolute Gasteiger partial charge is 0.118 e. The van der Waals surface area contributed by atoms with Crippen LogP contribution in [0.4, 0.5) is 0 Å². The third-order valence-corrected chi connectivity index (χ3v) is 4.24. The minimum atomic E-state index is 0.523. The fourth-order valence-electron chi connectivity index (χ4n) is 2.63. The Morgan fingerprint density at radius 3 is 2.71 bits per heavy atom. The van der Waals surface area contributed by atoms with E-state index < -0.39 is 0 Å². The molecule has 0 atom stereocenters. The van der Waals surface area contributed by atoms with E-state index in [0.717, 1.165) is 30.4 Å². The quantitative estimate of drug-likeness (QED) is 0.834. The lowest BCUT2D eigenvalue weighted by molar-refractivity contribution is 0.308. The Morgan fingerprint density at radius 2 is 2.00 bits per heavy atom. The summed E-state index contributed by atoms with van der Waals surface area (Å²) >= 11 is 1.80. The lowest BCUT2D eigenvalue weighted by Crippen LogP contribution is -2.28. The second-order valence-corrected chi connectivity index (χ2v) is 6.29. The fraction of sp³-hybridized carbons (Fsp3) is 0.714. The Morgan fingerprint density at radius 1 is 1.29 bits per heavy atom. The molecule has 0 aromatic carbocycles. The average molecular weight is 253 g/mol. The monoisotopic (exact) mass is 253 g/mol. The van der Waals surface area contributed by atoms with E-state index in [-0.39, 0.29) is 0 Å². The van der Waals surface area contributed by atoms with Crippen LogP contribution in [0.3, 0.4) is 0 Å². The molecule has 0 spiro atoms. The van der Waals surface area contributed by atoms with E-state index in [1.54, 1.807) is 11.8 Å². The molecule has 0 bridgehead atoms. The van der Waals surface area contributed by atoms with Gasteiger partial charge in [-0.3, -0.25) is 0 Å². The Labute approximate surface area is 109 Å². The molecule has 1 aromatic rings. The Balaban J connectivity index is 1.73. The van der Waals surface area contributed by atoms with Gasteiger partial charge < -0.3 is 9.73 Å². The van der Waals surface area contributed by atoms with E-state index in [1.807, 2.05) is 0 Å². The molecule has 1 heterocycles. The van der Waals surface area contributed by atoms with Gasteiger partial charge in [0.05, 0.1) is 12.3 Å². The molecular formula is C14H23NOS. The average Bonchev–Trinajstić information content (AvgIpc) is 2.90. The molecule has 3 heteroatoms. The molecule has 1 N–H and O–H groups in total. The van der Waals surface area contributed by atoms with E-state index >= 15 is 0 Å². The molecule has 0 saturated heterocycles. The van der Waals surface area contributed by atoms with Gasteiger partial charge in [-0.25, -0.2) is 0 Å². The van der Waals surface area contributed by atoms with Crippen LogP contribution in [0.15, 0.2) is 16.5 Å². The first-order valence-corrected chi connectivity index (χ1v) is 7.88. The highest BCUT2D eigenvalue weighted by molar-refractivity contribution is 7.97. The van der Waals surface area contributed by atoms with E-state index in [4.69, 9.17) is 4.42 Å². The minimum Gasteiger partial charge on any atom is -0.464 e. The third-order valence-electron chi connectivity index (χ3n) is 3.67. The van der Waals surface area contributed by atoms with Crippen LogP contribution in [-0.2, 0) is 12.3 Å². The summed E-state index contributed by atoms with van der Waals surface area (Å²) in [5.74, 6) is 3.12. The zero-order valence-electron chi connectivity index (χ0n) is 10.9. The molecule has 96 valence electrons. The zero-order chi connectivity index (χ0) is 12.1. The third kappa shape index (κ3) is 3.78. The Bertz CT molecular complexity index is 342. The number of nitrogens with one attached hydrogen (secondary N) is 1. The van der Waals surface area contributed by atoms with Crippen LogP contribution >= 0.6 is 11.8 Å². The van der Waals surface area contributed by atoms with Crippen molar-refractivity contribution < 1.29 is 4.42 Å². The summed E-state index contributed by atoms with van der Waals surface area (Å²) in [6.07, 6.45) is 7.64. The van der Waals surface area contributed by atoms with Crippen molar-refractivity contribution in [2.24, 2.45) is 5.41 Å². The molecule has 1 aliphatic rings. The molecule has 0 radical (unpaired) electrons. The summed E-state index contributed by atoms with van der Waals surface area (Å²) < 4.78 is 5.74. The van der Waals surface area contributed by atoms with Gasteiger partial charge in [0.15, 0.2) is 0 Å². The number of hydrogen-bond acceptors (Lipinski definition) is 3. The van der Waals surface area contributed by atoms with Crippen molar-refractivity contribution in [2.45, 2.75) is 44.9 Å². The highest BCUT2D eigenvalue weighted by atomic mass is 32.2. The van der Waals surface area contributed by atoms with Gasteiger partial charge in [0.1, 0.15) is 11.5 Å². The summed E-state index contributed by atoms with van der Waals surface area (Å²) in [6.45, 7) is 4.38. The van der Waals surface area contributed by atoms with Crippen LogP contribution in [0.2, 0.25) is 0 Å². The van der Waals surface area contributed by atoms with Crippen molar-refractivity contribution in [1.82, 2.24) is 5.32 Å². The van der Waals surface area contributed by atoms with Crippen LogP contribution in [-0.4, -0.2) is 12.8 Å². The first kappa shape index (κ1) is 13.0. The van der Waals surface area contributed by atoms with Gasteiger partial charge in [-0.1, -0.05) is 19.8 Å². The minimum absolute atomic E-state index is 0.523. The summed E-state index contributed by atoms with van der Waals surface area (Å²) in [5.41, 5.74) is 0.523. The number of furan rings is 1. The van der Waals surface area contributed by atoms with Gasteiger partial charge in [-0.2, -0.15) is 11.8 Å². The van der Waals surface area contributed by atoms with Crippen molar-refractivity contribution in [1.29, 1.82) is 0 Å². The molecular weight excluding hydrogens is 230 g/mol. The number of hydrogen-bond donors (Lipinski definition) is 1. The van der Waals surface area contributed by atoms with Crippen LogP contribution in [0.5, 0.6) is 0 Å². The first-order valence-electron chi connectivity index (χ1n) is 6.49. The van der Waals surface area contributed by atoms with Crippen molar-refractivity contribution >= 4 is 11.8 Å². The zero-order valence-corrected chi connectivity index (χ0v) is 11.7. The summed E-state index contributed by atoms with van der Waals surface area (Å²) in [6, 6.07) is 4.18. The standard InChI is InChI=1S/C14H23NOS/c1-14(7-3-4-8-14)11-15-9-12-5-6-13(16-12)10-17-2/h5-6,15H,3-4,7-11H2,1-2H3. The molecule has 0 unspecified atom stereocenters. The maximum atomic E-state index is 5.74. The largest absolute Gasteiger partial charge is 0.464 e. The van der Waals surface area contributed by atoms with Crippen molar-refractivity contribution in [3.05, 3.63) is 23.7 Å². The van der Waals surface area contributed by atoms with Gasteiger partial charge in [-0.15, -0.1) is 0 Å². The molecule has 1 aliphatic carbocycles. The lowest BCUT2D eigenvalue weighted by atomic mass is 9.89. The molecule has 0 amide bonds. The van der Waals surface area contributed by atoms with Gasteiger partial charge in [-0.05, 0) is 36.6 Å². The van der Waals surface area contributed by atoms with E-state index in [2.05, 4.69) is 30.6 Å². The molecule has 2 nitrogen and oxygen atoms in total. The summed E-state index contributed by atoms with van der Waals surface area (Å²) in [5, 5.41) is 3.54. The van der Waals surface area contributed by atoms with Crippen LogP contribution in [0.25, 0.3) is 0 Å². The lowest BCUT2D eigenvalue weighted by Gasteiger charge is -2.23. The van der Waals surface area contributed by atoms with Gasteiger partial charge in [0.25, 0.3) is 0 Å². The Kier molecular flexibility index (Phi) is 4.57. The second-order valence-electron chi connectivity index (χ2n) is 5.42. The normalized spacial score (nSPS) is 18.7. The number of rotatable bonds is 6. The molecule has 0 aliphatic heterocycles. The fourth-order valence-corrected chi connectivity index (χ4v) is 3.07. The van der Waals surface area contributed by atoms with Crippen molar-refractivity contribution in [2.75, 3.05) is 12.8 Å². The maximum Gasteiger partial charge on any atom is 0.118 e. The Hall–Kier alpha value is -0.410. The van der Waals surface area contributed by atoms with Crippen LogP contribution < -0.4 is 5.32 Å². The van der Waals surface area contributed by atoms with Gasteiger partial charge in [0.2, 0.25) is 0 Å². The van der Waals surface area contributed by atoms with Crippen LogP contribution in [0.1, 0.15) is 44.1 Å². The molecule has 1 aromatic heterocycles. The molecule has 1 fully saturated rings. The van der Waals surface area contributed by atoms with Gasteiger partial charge in [0, 0.05) is 6.54 Å². The van der Waals surface area contributed by atoms with Gasteiger partial charge >= 0.3 is 0 Å². The summed E-state index contributed by atoms with van der Waals surface area (Å²) in [4.78, 5) is 0. The van der Waals surface area contributed by atoms with Crippen molar-refractivity contribution in [3.8, 4) is 0 Å². The van der Waals surface area contributed by atoms with Crippen molar-refractivity contribution in [3.63, 3.8) is 0 Å². The van der Waals surface area contributed by atoms with E-state index in [9.17, 15) is 0 Å². The first-order chi connectivity index (χ1) is 8.22. The van der Waals surface area contributed by atoms with Crippen LogP contribution in [0, 0.1) is 5.41 Å². The predicted molar refractivity (Wildman–Crippen MR) is 74.2 cm³/mol. The SMILES string of the molecule is CSCc1ccc(CNCC2(C)CCCC2)o1. The number of thioether (sulfide) groups is 1. The maximum absolute atomic E-state index is 5.74. The van der Waals surface area contributed by atoms with E-state index in [0.29, 0.717) is 5.41 Å². The molecule has 17 heavy (non-hydrogen) atoms.